The topological polar surface area (TPSA) is 73.6 Å². The van der Waals surface area contributed by atoms with Crippen molar-refractivity contribution >= 4 is 11.6 Å². The summed E-state index contributed by atoms with van der Waals surface area (Å²) in [6.45, 7) is 1.59. The van der Waals surface area contributed by atoms with Crippen LogP contribution in [0.5, 0.6) is 5.75 Å². The van der Waals surface area contributed by atoms with Crippen LogP contribution < -0.4 is 15.8 Å². The van der Waals surface area contributed by atoms with E-state index >= 15 is 0 Å². The van der Waals surface area contributed by atoms with E-state index in [0.29, 0.717) is 25.4 Å². The van der Waals surface area contributed by atoms with Gasteiger partial charge in [-0.25, -0.2) is 0 Å². The Morgan fingerprint density at radius 1 is 1.44 bits per heavy atom. The lowest BCUT2D eigenvalue weighted by Crippen LogP contribution is -2.36. The number of nitrogens with one attached hydrogen (secondary N) is 1. The fourth-order valence-electron chi connectivity index (χ4n) is 1.81. The molecular formula is C13H18N2O3. The summed E-state index contributed by atoms with van der Waals surface area (Å²) in [4.78, 5) is 11.6. The van der Waals surface area contributed by atoms with Gasteiger partial charge in [0.15, 0.2) is 0 Å². The minimum Gasteiger partial charge on any atom is -0.492 e. The summed E-state index contributed by atoms with van der Waals surface area (Å²) in [6.07, 6.45) is 1.49. The van der Waals surface area contributed by atoms with Crippen LogP contribution in [0, 0.1) is 0 Å². The number of ether oxygens (including phenoxy) is 2. The van der Waals surface area contributed by atoms with Crippen LogP contribution in [0.15, 0.2) is 24.3 Å². The van der Waals surface area contributed by atoms with E-state index in [4.69, 9.17) is 15.2 Å². The van der Waals surface area contributed by atoms with Crippen LogP contribution in [-0.4, -0.2) is 31.8 Å². The maximum Gasteiger partial charge on any atom is 0.249 e. The molecule has 1 heterocycles. The number of anilines is 1. The number of amides is 1. The summed E-state index contributed by atoms with van der Waals surface area (Å²) >= 11 is 0. The molecule has 5 nitrogen and oxygen atoms in total. The molecule has 0 spiro atoms. The molecule has 5 heteroatoms. The molecule has 0 radical (unpaired) electrons. The van der Waals surface area contributed by atoms with Crippen LogP contribution in [0.2, 0.25) is 0 Å². The van der Waals surface area contributed by atoms with Crippen molar-refractivity contribution in [3.63, 3.8) is 0 Å². The molecular weight excluding hydrogens is 232 g/mol. The quantitative estimate of drug-likeness (QED) is 0.602. The van der Waals surface area contributed by atoms with Crippen molar-refractivity contribution in [1.29, 1.82) is 0 Å². The van der Waals surface area contributed by atoms with Gasteiger partial charge in [-0.05, 0) is 37.1 Å². The van der Waals surface area contributed by atoms with Gasteiger partial charge in [-0.2, -0.15) is 0 Å². The van der Waals surface area contributed by atoms with Crippen molar-refractivity contribution in [2.24, 2.45) is 0 Å². The van der Waals surface area contributed by atoms with Crippen molar-refractivity contribution in [2.75, 3.05) is 25.5 Å². The molecule has 1 aliphatic heterocycles. The molecule has 0 aromatic heterocycles. The third kappa shape index (κ3) is 3.63. The Kier molecular flexibility index (Phi) is 4.41. The average molecular weight is 250 g/mol. The largest absolute Gasteiger partial charge is 0.492 e. The highest BCUT2D eigenvalue weighted by atomic mass is 16.5. The zero-order chi connectivity index (χ0) is 12.8. The molecule has 0 bridgehead atoms. The Hall–Kier alpha value is -1.75. The van der Waals surface area contributed by atoms with E-state index in [1.807, 2.05) is 0 Å². The summed E-state index contributed by atoms with van der Waals surface area (Å²) in [5, 5.41) is 2.79. The van der Waals surface area contributed by atoms with Gasteiger partial charge in [-0.15, -0.1) is 0 Å². The maximum absolute atomic E-state index is 11.6. The molecule has 98 valence electrons. The van der Waals surface area contributed by atoms with Crippen LogP contribution in [0.25, 0.3) is 0 Å². The first-order valence-corrected chi connectivity index (χ1v) is 6.13. The summed E-state index contributed by atoms with van der Waals surface area (Å²) < 4.78 is 10.7. The highest BCUT2D eigenvalue weighted by Gasteiger charge is 2.22. The van der Waals surface area contributed by atoms with Crippen molar-refractivity contribution < 1.29 is 14.3 Å². The number of hydrogen-bond donors (Lipinski definition) is 2. The molecule has 0 saturated carbocycles. The first kappa shape index (κ1) is 12.7. The van der Waals surface area contributed by atoms with E-state index in [9.17, 15) is 4.79 Å². The summed E-state index contributed by atoms with van der Waals surface area (Å²) in [5.41, 5.74) is 6.27. The number of nitrogen functional groups attached to an aromatic ring is 1. The van der Waals surface area contributed by atoms with Gasteiger partial charge in [-0.3, -0.25) is 4.79 Å². The molecule has 2 rings (SSSR count). The minimum absolute atomic E-state index is 0.0478. The monoisotopic (exact) mass is 250 g/mol. The first-order chi connectivity index (χ1) is 8.75. The lowest BCUT2D eigenvalue weighted by atomic mass is 10.2. The second kappa shape index (κ2) is 6.26. The van der Waals surface area contributed by atoms with Crippen molar-refractivity contribution in [2.45, 2.75) is 18.9 Å². The lowest BCUT2D eigenvalue weighted by Gasteiger charge is -2.11. The van der Waals surface area contributed by atoms with Gasteiger partial charge in [0.1, 0.15) is 18.5 Å². The summed E-state index contributed by atoms with van der Waals surface area (Å²) in [5.74, 6) is 0.698. The van der Waals surface area contributed by atoms with Crippen molar-refractivity contribution in [3.05, 3.63) is 24.3 Å². The van der Waals surface area contributed by atoms with Gasteiger partial charge in [0.25, 0.3) is 0 Å². The molecule has 1 saturated heterocycles. The molecule has 1 aromatic rings. The zero-order valence-electron chi connectivity index (χ0n) is 10.2. The third-order valence-corrected chi connectivity index (χ3v) is 2.77. The fourth-order valence-corrected chi connectivity index (χ4v) is 1.81. The Balaban J connectivity index is 1.63. The molecule has 1 amide bonds. The molecule has 1 aliphatic rings. The molecule has 1 atom stereocenters. The van der Waals surface area contributed by atoms with Gasteiger partial charge in [0, 0.05) is 12.3 Å². The zero-order valence-corrected chi connectivity index (χ0v) is 10.2. The SMILES string of the molecule is Nc1ccc(OCCNC(=O)[C@@H]2CCCO2)cc1. The molecule has 1 aromatic carbocycles. The minimum atomic E-state index is -0.276. The summed E-state index contributed by atoms with van der Waals surface area (Å²) in [7, 11) is 0. The highest BCUT2D eigenvalue weighted by Crippen LogP contribution is 2.13. The second-order valence-electron chi connectivity index (χ2n) is 4.21. The Labute approximate surface area is 106 Å². The van der Waals surface area contributed by atoms with Crippen LogP contribution >= 0.6 is 0 Å². The van der Waals surface area contributed by atoms with Gasteiger partial charge in [0.05, 0.1) is 6.54 Å². The van der Waals surface area contributed by atoms with Crippen LogP contribution in [-0.2, 0) is 9.53 Å². The molecule has 0 unspecified atom stereocenters. The van der Waals surface area contributed by atoms with E-state index < -0.39 is 0 Å². The van der Waals surface area contributed by atoms with Crippen molar-refractivity contribution in [3.8, 4) is 5.75 Å². The van der Waals surface area contributed by atoms with E-state index in [-0.39, 0.29) is 12.0 Å². The number of carbonyl (C=O) groups is 1. The normalized spacial score (nSPS) is 18.6. The molecule has 1 fully saturated rings. The Morgan fingerprint density at radius 3 is 2.89 bits per heavy atom. The Morgan fingerprint density at radius 2 is 2.22 bits per heavy atom. The van der Waals surface area contributed by atoms with Crippen LogP contribution in [0.3, 0.4) is 0 Å². The van der Waals surface area contributed by atoms with E-state index in [1.165, 1.54) is 0 Å². The highest BCUT2D eigenvalue weighted by molar-refractivity contribution is 5.80. The Bertz CT molecular complexity index is 386. The smallest absolute Gasteiger partial charge is 0.249 e. The van der Waals surface area contributed by atoms with Crippen LogP contribution in [0.1, 0.15) is 12.8 Å². The maximum atomic E-state index is 11.6. The number of nitrogens with two attached hydrogens (primary N) is 1. The van der Waals surface area contributed by atoms with E-state index in [0.717, 1.165) is 18.6 Å². The van der Waals surface area contributed by atoms with E-state index in [1.54, 1.807) is 24.3 Å². The number of hydrogen-bond acceptors (Lipinski definition) is 4. The van der Waals surface area contributed by atoms with Gasteiger partial charge < -0.3 is 20.5 Å². The lowest BCUT2D eigenvalue weighted by molar-refractivity contribution is -0.130. The molecule has 18 heavy (non-hydrogen) atoms. The van der Waals surface area contributed by atoms with Gasteiger partial charge in [0.2, 0.25) is 5.91 Å². The second-order valence-corrected chi connectivity index (χ2v) is 4.21. The number of benzene rings is 1. The predicted octanol–water partition coefficient (Wildman–Crippen LogP) is 0.943. The molecule has 3 N–H and O–H groups in total. The van der Waals surface area contributed by atoms with E-state index in [2.05, 4.69) is 5.32 Å². The number of rotatable bonds is 5. The fraction of sp³-hybridized carbons (Fsp3) is 0.462. The predicted molar refractivity (Wildman–Crippen MR) is 68.3 cm³/mol. The number of carbonyl (C=O) groups excluding carboxylic acids is 1. The van der Waals surface area contributed by atoms with Gasteiger partial charge >= 0.3 is 0 Å². The molecule has 0 aliphatic carbocycles. The van der Waals surface area contributed by atoms with Gasteiger partial charge in [-0.1, -0.05) is 0 Å². The standard InChI is InChI=1S/C13H18N2O3/c14-10-3-5-11(6-4-10)17-9-7-15-13(16)12-2-1-8-18-12/h3-6,12H,1-2,7-9,14H2,(H,15,16)/t12-/m0/s1. The van der Waals surface area contributed by atoms with Crippen LogP contribution in [0.4, 0.5) is 5.69 Å². The van der Waals surface area contributed by atoms with Crippen molar-refractivity contribution in [1.82, 2.24) is 5.32 Å². The summed E-state index contributed by atoms with van der Waals surface area (Å²) in [6, 6.07) is 7.16. The average Bonchev–Trinajstić information content (AvgIpc) is 2.90. The first-order valence-electron chi connectivity index (χ1n) is 6.13. The third-order valence-electron chi connectivity index (χ3n) is 2.77.